The quantitative estimate of drug-likeness (QED) is 0.694. The second kappa shape index (κ2) is 8.68. The highest BCUT2D eigenvalue weighted by Gasteiger charge is 2.30. The molecule has 3 N–H and O–H groups in total. The third-order valence-electron chi connectivity index (χ3n) is 4.74. The molecule has 1 amide bonds. The first-order valence-corrected chi connectivity index (χ1v) is 12.1. The lowest BCUT2D eigenvalue weighted by molar-refractivity contribution is -0.120. The molecular formula is C17H27N3O5S2. The van der Waals surface area contributed by atoms with Crippen LogP contribution in [0, 0.1) is 12.8 Å². The lowest BCUT2D eigenvalue weighted by atomic mass is 9.97. The molecule has 2 rings (SSSR count). The highest BCUT2D eigenvalue weighted by atomic mass is 32.2. The minimum Gasteiger partial charge on any atom is -0.326 e. The molecule has 0 bridgehead atoms. The van der Waals surface area contributed by atoms with Crippen LogP contribution in [0.2, 0.25) is 0 Å². The minimum absolute atomic E-state index is 0.0304. The Labute approximate surface area is 161 Å². The minimum atomic E-state index is -3.87. The summed E-state index contributed by atoms with van der Waals surface area (Å²) in [4.78, 5) is 12.5. The lowest BCUT2D eigenvalue weighted by Crippen LogP contribution is -2.42. The van der Waals surface area contributed by atoms with Gasteiger partial charge in [-0.3, -0.25) is 4.79 Å². The molecule has 0 aromatic heterocycles. The average Bonchev–Trinajstić information content (AvgIpc) is 2.60. The molecule has 1 aromatic rings. The number of nitrogens with one attached hydrogen (secondary N) is 1. The monoisotopic (exact) mass is 417 g/mol. The van der Waals surface area contributed by atoms with Crippen LogP contribution in [-0.2, 0) is 24.8 Å². The van der Waals surface area contributed by atoms with Crippen LogP contribution in [0.3, 0.4) is 0 Å². The smallest absolute Gasteiger partial charge is 0.238 e. The van der Waals surface area contributed by atoms with Gasteiger partial charge in [-0.25, -0.2) is 26.3 Å². The van der Waals surface area contributed by atoms with Gasteiger partial charge in [-0.15, -0.1) is 0 Å². The van der Waals surface area contributed by atoms with Gasteiger partial charge < -0.3 is 5.32 Å². The van der Waals surface area contributed by atoms with Crippen molar-refractivity contribution in [3.05, 3.63) is 23.8 Å². The number of carbonyl (C=O) groups is 1. The number of hydrogen-bond acceptors (Lipinski definition) is 5. The van der Waals surface area contributed by atoms with Crippen molar-refractivity contribution in [3.63, 3.8) is 0 Å². The van der Waals surface area contributed by atoms with E-state index in [9.17, 15) is 21.6 Å². The van der Waals surface area contributed by atoms with Gasteiger partial charge in [0.15, 0.2) is 0 Å². The van der Waals surface area contributed by atoms with Gasteiger partial charge in [-0.2, -0.15) is 0 Å². The molecule has 0 aliphatic carbocycles. The number of anilines is 1. The van der Waals surface area contributed by atoms with Crippen molar-refractivity contribution in [1.82, 2.24) is 4.31 Å². The van der Waals surface area contributed by atoms with Gasteiger partial charge in [0.1, 0.15) is 0 Å². The van der Waals surface area contributed by atoms with E-state index < -0.39 is 20.0 Å². The Morgan fingerprint density at radius 1 is 1.22 bits per heavy atom. The van der Waals surface area contributed by atoms with Crippen molar-refractivity contribution in [2.24, 2.45) is 11.1 Å². The molecule has 0 atom stereocenters. The molecule has 0 unspecified atom stereocenters. The van der Waals surface area contributed by atoms with Crippen LogP contribution < -0.4 is 10.5 Å². The molecule has 1 heterocycles. The van der Waals surface area contributed by atoms with Gasteiger partial charge >= 0.3 is 0 Å². The molecular weight excluding hydrogens is 390 g/mol. The predicted octanol–water partition coefficient (Wildman–Crippen LogP) is 1.42. The SMILES string of the molecule is CCCCS(=O)(=O)N1CCC(C(=O)Nc2ccc(C)c(S(N)(=O)=O)c2)CC1. The van der Waals surface area contributed by atoms with Gasteiger partial charge in [-0.1, -0.05) is 19.4 Å². The number of sulfonamides is 2. The number of aryl methyl sites for hydroxylation is 1. The molecule has 27 heavy (non-hydrogen) atoms. The molecule has 1 aliphatic rings. The zero-order valence-electron chi connectivity index (χ0n) is 15.6. The second-order valence-corrected chi connectivity index (χ2v) is 10.5. The van der Waals surface area contributed by atoms with Crippen LogP contribution in [0.5, 0.6) is 0 Å². The summed E-state index contributed by atoms with van der Waals surface area (Å²) in [5, 5.41) is 7.90. The van der Waals surface area contributed by atoms with E-state index >= 15 is 0 Å². The average molecular weight is 418 g/mol. The van der Waals surface area contributed by atoms with Gasteiger partial charge in [0.25, 0.3) is 0 Å². The highest BCUT2D eigenvalue weighted by molar-refractivity contribution is 7.89. The number of rotatable bonds is 7. The molecule has 0 radical (unpaired) electrons. The number of carbonyl (C=O) groups excluding carboxylic acids is 1. The summed E-state index contributed by atoms with van der Waals surface area (Å²) in [6, 6.07) is 4.54. The Kier molecular flexibility index (Phi) is 7.01. The van der Waals surface area contributed by atoms with E-state index in [0.717, 1.165) is 6.42 Å². The summed E-state index contributed by atoms with van der Waals surface area (Å²) in [7, 11) is -7.13. The molecule has 0 saturated carbocycles. The van der Waals surface area contributed by atoms with Crippen molar-refractivity contribution in [2.45, 2.75) is 44.4 Å². The topological polar surface area (TPSA) is 127 Å². The van der Waals surface area contributed by atoms with Crippen LogP contribution in [0.4, 0.5) is 5.69 Å². The van der Waals surface area contributed by atoms with Crippen molar-refractivity contribution >= 4 is 31.6 Å². The molecule has 1 aromatic carbocycles. The number of unbranched alkanes of at least 4 members (excludes halogenated alkanes) is 1. The van der Waals surface area contributed by atoms with E-state index in [-0.39, 0.29) is 22.5 Å². The number of benzene rings is 1. The zero-order chi connectivity index (χ0) is 20.2. The highest BCUT2D eigenvalue weighted by Crippen LogP contribution is 2.24. The summed E-state index contributed by atoms with van der Waals surface area (Å²) < 4.78 is 49.1. The number of primary sulfonamides is 1. The van der Waals surface area contributed by atoms with Gasteiger partial charge in [0.2, 0.25) is 26.0 Å². The normalized spacial score (nSPS) is 17.0. The largest absolute Gasteiger partial charge is 0.326 e. The number of hydrogen-bond donors (Lipinski definition) is 2. The first kappa shape index (κ1) is 21.8. The number of nitrogens with two attached hydrogens (primary N) is 1. The molecule has 1 saturated heterocycles. The molecule has 8 nitrogen and oxygen atoms in total. The van der Waals surface area contributed by atoms with Gasteiger partial charge in [0, 0.05) is 24.7 Å². The van der Waals surface area contributed by atoms with Crippen molar-refractivity contribution in [1.29, 1.82) is 0 Å². The third-order valence-corrected chi connectivity index (χ3v) is 7.75. The first-order valence-electron chi connectivity index (χ1n) is 8.96. The fraction of sp³-hybridized carbons (Fsp3) is 0.588. The molecule has 1 fully saturated rings. The summed E-state index contributed by atoms with van der Waals surface area (Å²) >= 11 is 0. The van der Waals surface area contributed by atoms with Gasteiger partial charge in [0.05, 0.1) is 10.6 Å². The summed E-state index contributed by atoms with van der Waals surface area (Å²) in [6.45, 7) is 4.21. The lowest BCUT2D eigenvalue weighted by Gasteiger charge is -2.30. The van der Waals surface area contributed by atoms with Crippen molar-refractivity contribution in [2.75, 3.05) is 24.2 Å². The fourth-order valence-corrected chi connectivity index (χ4v) is 5.57. The van der Waals surface area contributed by atoms with Crippen LogP contribution in [0.1, 0.15) is 38.2 Å². The van der Waals surface area contributed by atoms with Crippen LogP contribution >= 0.6 is 0 Å². The third kappa shape index (κ3) is 5.74. The molecule has 0 spiro atoms. The Morgan fingerprint density at radius 2 is 1.85 bits per heavy atom. The van der Waals surface area contributed by atoms with Crippen molar-refractivity contribution in [3.8, 4) is 0 Å². The van der Waals surface area contributed by atoms with Gasteiger partial charge in [-0.05, 0) is 43.9 Å². The predicted molar refractivity (Wildman–Crippen MR) is 104 cm³/mol. The molecule has 1 aliphatic heterocycles. The maximum atomic E-state index is 12.5. The summed E-state index contributed by atoms with van der Waals surface area (Å²) in [5.74, 6) is -0.424. The van der Waals surface area contributed by atoms with E-state index in [1.54, 1.807) is 19.1 Å². The maximum Gasteiger partial charge on any atom is 0.238 e. The molecule has 152 valence electrons. The fourth-order valence-electron chi connectivity index (χ4n) is 3.08. The Balaban J connectivity index is 1.99. The summed E-state index contributed by atoms with van der Waals surface area (Å²) in [5.41, 5.74) is 0.855. The molecule has 10 heteroatoms. The zero-order valence-corrected chi connectivity index (χ0v) is 17.3. The number of piperidine rings is 1. The van der Waals surface area contributed by atoms with Crippen LogP contribution in [0.15, 0.2) is 23.1 Å². The Morgan fingerprint density at radius 3 is 2.41 bits per heavy atom. The second-order valence-electron chi connectivity index (χ2n) is 6.86. The van der Waals surface area contributed by atoms with Crippen LogP contribution in [0.25, 0.3) is 0 Å². The van der Waals surface area contributed by atoms with E-state index in [1.165, 1.54) is 10.4 Å². The standard InChI is InChI=1S/C17H27N3O5S2/c1-3-4-11-26(22,23)20-9-7-14(8-10-20)17(21)19-15-6-5-13(2)16(12-15)27(18,24)25/h5-6,12,14H,3-4,7-11H2,1-2H3,(H,19,21)(H2,18,24,25). The van der Waals surface area contributed by atoms with Crippen molar-refractivity contribution < 1.29 is 21.6 Å². The van der Waals surface area contributed by atoms with E-state index in [2.05, 4.69) is 5.32 Å². The maximum absolute atomic E-state index is 12.5. The Bertz CT molecular complexity index is 889. The van der Waals surface area contributed by atoms with E-state index in [1.807, 2.05) is 6.92 Å². The number of amides is 1. The summed E-state index contributed by atoms with van der Waals surface area (Å²) in [6.07, 6.45) is 2.31. The first-order chi connectivity index (χ1) is 12.5. The van der Waals surface area contributed by atoms with E-state index in [4.69, 9.17) is 5.14 Å². The Hall–Kier alpha value is -1.49. The van der Waals surface area contributed by atoms with E-state index in [0.29, 0.717) is 43.6 Å². The number of nitrogens with zero attached hydrogens (tertiary/aromatic N) is 1. The van der Waals surface area contributed by atoms with Crippen LogP contribution in [-0.4, -0.2) is 45.9 Å².